The number of aryl methyl sites for hydroxylation is 1. The van der Waals surface area contributed by atoms with Gasteiger partial charge in [0.15, 0.2) is 0 Å². The number of hydrogen-bond acceptors (Lipinski definition) is 3. The molecule has 0 heterocycles. The average Bonchev–Trinajstić information content (AvgIpc) is 3.02. The molecule has 0 saturated heterocycles. The summed E-state index contributed by atoms with van der Waals surface area (Å²) in [5, 5.41) is 0. The molecule has 0 radical (unpaired) electrons. The second-order valence-electron chi connectivity index (χ2n) is 6.23. The van der Waals surface area contributed by atoms with Gasteiger partial charge in [-0.25, -0.2) is 9.18 Å². The number of nitrogen functional groups attached to an aromatic ring is 1. The van der Waals surface area contributed by atoms with Crippen molar-refractivity contribution in [3.8, 4) is 0 Å². The Labute approximate surface area is 118 Å². The minimum absolute atomic E-state index is 0.0503. The Kier molecular flexibility index (Phi) is 3.40. The summed E-state index contributed by atoms with van der Waals surface area (Å²) < 4.78 is 19.2. The number of rotatable bonds is 3. The van der Waals surface area contributed by atoms with Crippen molar-refractivity contribution in [1.82, 2.24) is 0 Å². The molecule has 2 aliphatic rings. The fraction of sp³-hybridized carbons (Fsp3) is 0.562. The quantitative estimate of drug-likeness (QED) is 0.681. The van der Waals surface area contributed by atoms with Crippen molar-refractivity contribution in [3.05, 3.63) is 29.1 Å². The molecule has 2 saturated carbocycles. The number of halogens is 1. The number of fused-ring (bicyclic) bond motifs is 2. The van der Waals surface area contributed by atoms with E-state index in [1.165, 1.54) is 31.4 Å². The van der Waals surface area contributed by atoms with Gasteiger partial charge in [-0.05, 0) is 61.6 Å². The molecule has 0 amide bonds. The smallest absolute Gasteiger partial charge is 0.341 e. The van der Waals surface area contributed by atoms with E-state index in [4.69, 9.17) is 10.5 Å². The number of ether oxygens (including phenoxy) is 1. The second-order valence-corrected chi connectivity index (χ2v) is 6.23. The van der Waals surface area contributed by atoms with E-state index in [0.717, 1.165) is 12.3 Å². The average molecular weight is 277 g/mol. The molecule has 4 heteroatoms. The topological polar surface area (TPSA) is 52.3 Å². The number of anilines is 1. The van der Waals surface area contributed by atoms with Crippen molar-refractivity contribution in [3.63, 3.8) is 0 Å². The Morgan fingerprint density at radius 1 is 1.40 bits per heavy atom. The number of hydrogen-bond donors (Lipinski definition) is 1. The molecular weight excluding hydrogens is 257 g/mol. The number of esters is 1. The number of carbonyl (C=O) groups excluding carboxylic acids is 1. The van der Waals surface area contributed by atoms with Crippen molar-refractivity contribution in [2.45, 2.75) is 32.6 Å². The molecule has 3 unspecified atom stereocenters. The molecule has 1 aromatic rings. The van der Waals surface area contributed by atoms with Crippen LogP contribution >= 0.6 is 0 Å². The maximum absolute atomic E-state index is 13.9. The summed E-state index contributed by atoms with van der Waals surface area (Å²) in [6.45, 7) is 2.01. The van der Waals surface area contributed by atoms with Crippen LogP contribution < -0.4 is 5.73 Å². The summed E-state index contributed by atoms with van der Waals surface area (Å²) in [7, 11) is 0. The Morgan fingerprint density at radius 2 is 2.20 bits per heavy atom. The van der Waals surface area contributed by atoms with Gasteiger partial charge in [0, 0.05) is 5.69 Å². The highest BCUT2D eigenvalue weighted by molar-refractivity contribution is 5.91. The molecule has 0 aliphatic heterocycles. The number of benzene rings is 1. The molecule has 2 bridgehead atoms. The lowest BCUT2D eigenvalue weighted by atomic mass is 9.89. The highest BCUT2D eigenvalue weighted by atomic mass is 19.1. The molecule has 1 aromatic carbocycles. The summed E-state index contributed by atoms with van der Waals surface area (Å²) in [6.07, 6.45) is 4.99. The zero-order chi connectivity index (χ0) is 14.3. The molecule has 2 N–H and O–H groups in total. The lowest BCUT2D eigenvalue weighted by molar-refractivity contribution is 0.0389. The third-order valence-corrected chi connectivity index (χ3v) is 4.81. The van der Waals surface area contributed by atoms with Gasteiger partial charge in [0.05, 0.1) is 12.2 Å². The molecule has 108 valence electrons. The first-order valence-corrected chi connectivity index (χ1v) is 7.27. The monoisotopic (exact) mass is 277 g/mol. The van der Waals surface area contributed by atoms with Crippen LogP contribution in [0.5, 0.6) is 0 Å². The van der Waals surface area contributed by atoms with E-state index in [1.807, 2.05) is 0 Å². The minimum atomic E-state index is -0.597. The van der Waals surface area contributed by atoms with Crippen LogP contribution in [0, 0.1) is 30.5 Å². The largest absolute Gasteiger partial charge is 0.462 e. The van der Waals surface area contributed by atoms with Gasteiger partial charge < -0.3 is 10.5 Å². The summed E-state index contributed by atoms with van der Waals surface area (Å²) in [5.74, 6) is 0.844. The Hall–Kier alpha value is -1.58. The zero-order valence-electron chi connectivity index (χ0n) is 11.7. The summed E-state index contributed by atoms with van der Waals surface area (Å²) in [4.78, 5) is 12.0. The van der Waals surface area contributed by atoms with Crippen LogP contribution in [0.3, 0.4) is 0 Å². The first-order chi connectivity index (χ1) is 9.54. The molecule has 0 aromatic heterocycles. The van der Waals surface area contributed by atoms with E-state index < -0.39 is 11.8 Å². The molecule has 20 heavy (non-hydrogen) atoms. The summed E-state index contributed by atoms with van der Waals surface area (Å²) in [5.41, 5.74) is 6.37. The fourth-order valence-electron chi connectivity index (χ4n) is 3.79. The molecule has 2 aliphatic carbocycles. The normalized spacial score (nSPS) is 27.8. The highest BCUT2D eigenvalue weighted by Crippen LogP contribution is 2.48. The lowest BCUT2D eigenvalue weighted by Gasteiger charge is -2.21. The van der Waals surface area contributed by atoms with E-state index in [-0.39, 0.29) is 5.56 Å². The van der Waals surface area contributed by atoms with Crippen molar-refractivity contribution in [2.24, 2.45) is 17.8 Å². The van der Waals surface area contributed by atoms with Crippen LogP contribution in [0.15, 0.2) is 12.1 Å². The first-order valence-electron chi connectivity index (χ1n) is 7.27. The third-order valence-electron chi connectivity index (χ3n) is 4.81. The summed E-state index contributed by atoms with van der Waals surface area (Å²) >= 11 is 0. The van der Waals surface area contributed by atoms with Crippen molar-refractivity contribution in [2.75, 3.05) is 12.3 Å². The second kappa shape index (κ2) is 5.08. The van der Waals surface area contributed by atoms with Crippen molar-refractivity contribution >= 4 is 11.7 Å². The lowest BCUT2D eigenvalue weighted by Crippen LogP contribution is -2.20. The van der Waals surface area contributed by atoms with E-state index in [9.17, 15) is 9.18 Å². The van der Waals surface area contributed by atoms with Crippen LogP contribution in [0.1, 0.15) is 41.6 Å². The van der Waals surface area contributed by atoms with Crippen LogP contribution in [-0.2, 0) is 4.74 Å². The maximum Gasteiger partial charge on any atom is 0.341 e. The fourth-order valence-corrected chi connectivity index (χ4v) is 3.79. The van der Waals surface area contributed by atoms with Gasteiger partial charge >= 0.3 is 5.97 Å². The van der Waals surface area contributed by atoms with Gasteiger partial charge in [0.1, 0.15) is 5.82 Å². The van der Waals surface area contributed by atoms with Crippen molar-refractivity contribution in [1.29, 1.82) is 0 Å². The molecular formula is C16H20FNO2. The van der Waals surface area contributed by atoms with Crippen LogP contribution in [-0.4, -0.2) is 12.6 Å². The molecule has 0 spiro atoms. The first kappa shape index (κ1) is 13.4. The summed E-state index contributed by atoms with van der Waals surface area (Å²) in [6, 6.07) is 2.87. The molecule has 3 atom stereocenters. The molecule has 2 fully saturated rings. The third kappa shape index (κ3) is 2.39. The standard InChI is InChI=1S/C16H20FNO2/c1-9-4-13(18)7-14(15(9)17)16(19)20-8-12-6-10-2-3-11(12)5-10/h4,7,10-12H,2-3,5-6,8,18H2,1H3. The van der Waals surface area contributed by atoms with E-state index >= 15 is 0 Å². The minimum Gasteiger partial charge on any atom is -0.462 e. The zero-order valence-corrected chi connectivity index (χ0v) is 11.7. The SMILES string of the molecule is Cc1cc(N)cc(C(=O)OCC2CC3CCC2C3)c1F. The van der Waals surface area contributed by atoms with Crippen LogP contribution in [0.2, 0.25) is 0 Å². The number of nitrogens with two attached hydrogens (primary N) is 1. The van der Waals surface area contributed by atoms with Crippen LogP contribution in [0.25, 0.3) is 0 Å². The predicted octanol–water partition coefficient (Wildman–Crippen LogP) is 3.31. The van der Waals surface area contributed by atoms with Gasteiger partial charge in [-0.1, -0.05) is 6.42 Å². The Morgan fingerprint density at radius 3 is 2.85 bits per heavy atom. The van der Waals surface area contributed by atoms with Gasteiger partial charge in [-0.15, -0.1) is 0 Å². The van der Waals surface area contributed by atoms with Gasteiger partial charge in [-0.2, -0.15) is 0 Å². The maximum atomic E-state index is 13.9. The van der Waals surface area contributed by atoms with E-state index in [2.05, 4.69) is 0 Å². The Balaban J connectivity index is 1.65. The number of carbonyl (C=O) groups is 1. The van der Waals surface area contributed by atoms with Crippen LogP contribution in [0.4, 0.5) is 10.1 Å². The van der Waals surface area contributed by atoms with Gasteiger partial charge in [-0.3, -0.25) is 0 Å². The van der Waals surface area contributed by atoms with Gasteiger partial charge in [0.2, 0.25) is 0 Å². The van der Waals surface area contributed by atoms with E-state index in [0.29, 0.717) is 29.7 Å². The van der Waals surface area contributed by atoms with Gasteiger partial charge in [0.25, 0.3) is 0 Å². The predicted molar refractivity (Wildman–Crippen MR) is 74.8 cm³/mol. The molecule has 3 rings (SSSR count). The van der Waals surface area contributed by atoms with Crippen molar-refractivity contribution < 1.29 is 13.9 Å². The highest BCUT2D eigenvalue weighted by Gasteiger charge is 2.40. The Bertz CT molecular complexity index is 544. The molecule has 3 nitrogen and oxygen atoms in total. The van der Waals surface area contributed by atoms with E-state index in [1.54, 1.807) is 6.92 Å².